The van der Waals surface area contributed by atoms with Crippen LogP contribution in [0.4, 0.5) is 0 Å². The molecule has 1 heterocycles. The number of hydrogen-bond acceptors (Lipinski definition) is 3. The number of aryl methyl sites for hydroxylation is 1. The van der Waals surface area contributed by atoms with Crippen LogP contribution in [0.25, 0.3) is 0 Å². The van der Waals surface area contributed by atoms with Crippen LogP contribution in [-0.2, 0) is 13.0 Å². The fourth-order valence-electron chi connectivity index (χ4n) is 2.75. The van der Waals surface area contributed by atoms with E-state index in [1.807, 2.05) is 38.1 Å². The first kappa shape index (κ1) is 16.8. The zero-order chi connectivity index (χ0) is 17.0. The highest BCUT2D eigenvalue weighted by Gasteiger charge is 2.21. The number of ketones is 1. The molecule has 0 unspecified atom stereocenters. The van der Waals surface area contributed by atoms with Crippen molar-refractivity contribution in [1.82, 2.24) is 10.3 Å². The highest BCUT2D eigenvalue weighted by Crippen LogP contribution is 2.20. The standard InChI is InChI=1S/C18H22N2O3/c1-5-15-16(12(3)21)11(2)20-17(15)18(22)19-10-13-7-6-8-14(9-13)23-4/h6-9,20H,5,10H2,1-4H3,(H,19,22). The number of carbonyl (C=O) groups excluding carboxylic acids is 2. The Balaban J connectivity index is 2.18. The van der Waals surface area contributed by atoms with Crippen molar-refractivity contribution in [3.8, 4) is 5.75 Å². The monoisotopic (exact) mass is 314 g/mol. The van der Waals surface area contributed by atoms with Gasteiger partial charge in [-0.25, -0.2) is 0 Å². The van der Waals surface area contributed by atoms with Crippen molar-refractivity contribution in [1.29, 1.82) is 0 Å². The number of amides is 1. The number of H-pyrrole nitrogens is 1. The van der Waals surface area contributed by atoms with E-state index in [1.165, 1.54) is 6.92 Å². The Morgan fingerprint density at radius 1 is 1.30 bits per heavy atom. The van der Waals surface area contributed by atoms with Crippen molar-refractivity contribution in [2.45, 2.75) is 33.7 Å². The smallest absolute Gasteiger partial charge is 0.268 e. The van der Waals surface area contributed by atoms with Crippen molar-refractivity contribution in [2.75, 3.05) is 7.11 Å². The first-order valence-electron chi connectivity index (χ1n) is 7.61. The number of hydrogen-bond donors (Lipinski definition) is 2. The number of methoxy groups -OCH3 is 1. The number of aromatic nitrogens is 1. The quantitative estimate of drug-likeness (QED) is 0.805. The lowest BCUT2D eigenvalue weighted by atomic mass is 10.0. The van der Waals surface area contributed by atoms with E-state index in [0.29, 0.717) is 24.2 Å². The third-order valence-corrected chi connectivity index (χ3v) is 3.81. The summed E-state index contributed by atoms with van der Waals surface area (Å²) in [6, 6.07) is 7.53. The molecule has 0 saturated heterocycles. The molecule has 2 rings (SSSR count). The molecule has 0 radical (unpaired) electrons. The number of aromatic amines is 1. The number of ether oxygens (including phenoxy) is 1. The van der Waals surface area contributed by atoms with Gasteiger partial charge in [-0.15, -0.1) is 0 Å². The van der Waals surface area contributed by atoms with Gasteiger partial charge in [-0.05, 0) is 43.5 Å². The summed E-state index contributed by atoms with van der Waals surface area (Å²) >= 11 is 0. The van der Waals surface area contributed by atoms with Crippen molar-refractivity contribution in [3.05, 3.63) is 52.3 Å². The molecule has 23 heavy (non-hydrogen) atoms. The van der Waals surface area contributed by atoms with Gasteiger partial charge in [0.15, 0.2) is 5.78 Å². The fraction of sp³-hybridized carbons (Fsp3) is 0.333. The maximum Gasteiger partial charge on any atom is 0.268 e. The average Bonchev–Trinajstić information content (AvgIpc) is 2.89. The van der Waals surface area contributed by atoms with Crippen LogP contribution in [0.1, 0.15) is 51.5 Å². The summed E-state index contributed by atoms with van der Waals surface area (Å²) in [4.78, 5) is 27.3. The minimum Gasteiger partial charge on any atom is -0.497 e. The summed E-state index contributed by atoms with van der Waals surface area (Å²) in [6.07, 6.45) is 0.626. The molecule has 0 atom stereocenters. The largest absolute Gasteiger partial charge is 0.497 e. The second-order valence-corrected chi connectivity index (χ2v) is 5.42. The lowest BCUT2D eigenvalue weighted by Gasteiger charge is -2.07. The van der Waals surface area contributed by atoms with Crippen LogP contribution in [0, 0.1) is 6.92 Å². The number of rotatable bonds is 6. The lowest BCUT2D eigenvalue weighted by molar-refractivity contribution is 0.0945. The van der Waals surface area contributed by atoms with Crippen LogP contribution in [0.2, 0.25) is 0 Å². The lowest BCUT2D eigenvalue weighted by Crippen LogP contribution is -2.24. The minimum atomic E-state index is -0.208. The van der Waals surface area contributed by atoms with Crippen molar-refractivity contribution in [3.63, 3.8) is 0 Å². The highest BCUT2D eigenvalue weighted by atomic mass is 16.5. The van der Waals surface area contributed by atoms with E-state index in [1.54, 1.807) is 7.11 Å². The maximum absolute atomic E-state index is 12.5. The van der Waals surface area contributed by atoms with Gasteiger partial charge in [-0.3, -0.25) is 9.59 Å². The Kier molecular flexibility index (Phi) is 5.21. The first-order chi connectivity index (χ1) is 11.0. The molecule has 1 amide bonds. The van der Waals surface area contributed by atoms with Crippen LogP contribution >= 0.6 is 0 Å². The van der Waals surface area contributed by atoms with Gasteiger partial charge in [0.2, 0.25) is 0 Å². The molecular formula is C18H22N2O3. The topological polar surface area (TPSA) is 71.2 Å². The molecule has 122 valence electrons. The molecule has 5 nitrogen and oxygen atoms in total. The molecule has 0 aliphatic rings. The van der Waals surface area contributed by atoms with E-state index in [4.69, 9.17) is 4.74 Å². The SMILES string of the molecule is CCc1c(C(=O)NCc2cccc(OC)c2)[nH]c(C)c1C(C)=O. The van der Waals surface area contributed by atoms with Crippen LogP contribution < -0.4 is 10.1 Å². The molecule has 1 aromatic carbocycles. The van der Waals surface area contributed by atoms with Gasteiger partial charge < -0.3 is 15.0 Å². The number of carbonyl (C=O) groups is 2. The molecule has 0 spiro atoms. The van der Waals surface area contributed by atoms with E-state index in [2.05, 4.69) is 10.3 Å². The third-order valence-electron chi connectivity index (χ3n) is 3.81. The van der Waals surface area contributed by atoms with Crippen LogP contribution in [0.15, 0.2) is 24.3 Å². The Morgan fingerprint density at radius 2 is 2.04 bits per heavy atom. The molecule has 0 aliphatic carbocycles. The molecule has 5 heteroatoms. The summed E-state index contributed by atoms with van der Waals surface area (Å²) in [5.74, 6) is 0.517. The molecule has 0 fully saturated rings. The van der Waals surface area contributed by atoms with E-state index in [-0.39, 0.29) is 11.7 Å². The molecule has 1 aromatic heterocycles. The van der Waals surface area contributed by atoms with Gasteiger partial charge >= 0.3 is 0 Å². The van der Waals surface area contributed by atoms with E-state index < -0.39 is 0 Å². The zero-order valence-corrected chi connectivity index (χ0v) is 13.9. The molecule has 0 bridgehead atoms. The van der Waals surface area contributed by atoms with Crippen LogP contribution in [-0.4, -0.2) is 23.8 Å². The molecule has 2 N–H and O–H groups in total. The van der Waals surface area contributed by atoms with E-state index >= 15 is 0 Å². The van der Waals surface area contributed by atoms with E-state index in [0.717, 1.165) is 22.6 Å². The number of Topliss-reactive ketones (excluding diaryl/α,β-unsaturated/α-hetero) is 1. The molecule has 2 aromatic rings. The molecular weight excluding hydrogens is 292 g/mol. The molecule has 0 aliphatic heterocycles. The fourth-order valence-corrected chi connectivity index (χ4v) is 2.75. The molecule has 0 saturated carbocycles. The van der Waals surface area contributed by atoms with E-state index in [9.17, 15) is 9.59 Å². The van der Waals surface area contributed by atoms with Crippen LogP contribution in [0.3, 0.4) is 0 Å². The Labute approximate surface area is 136 Å². The van der Waals surface area contributed by atoms with Gasteiger partial charge in [0.05, 0.1) is 7.11 Å². The minimum absolute atomic E-state index is 0.0255. The predicted molar refractivity (Wildman–Crippen MR) is 89.1 cm³/mol. The summed E-state index contributed by atoms with van der Waals surface area (Å²) in [5.41, 5.74) is 3.56. The van der Waals surface area contributed by atoms with Gasteiger partial charge in [0.25, 0.3) is 5.91 Å². The Morgan fingerprint density at radius 3 is 2.65 bits per heavy atom. The van der Waals surface area contributed by atoms with Gasteiger partial charge in [-0.1, -0.05) is 19.1 Å². The summed E-state index contributed by atoms with van der Waals surface area (Å²) in [7, 11) is 1.61. The van der Waals surface area contributed by atoms with Gasteiger partial charge in [0, 0.05) is 17.8 Å². The second-order valence-electron chi connectivity index (χ2n) is 5.42. The number of nitrogens with one attached hydrogen (secondary N) is 2. The first-order valence-corrected chi connectivity index (χ1v) is 7.61. The van der Waals surface area contributed by atoms with Crippen molar-refractivity contribution in [2.24, 2.45) is 0 Å². The van der Waals surface area contributed by atoms with Crippen molar-refractivity contribution >= 4 is 11.7 Å². The Bertz CT molecular complexity index is 732. The normalized spacial score (nSPS) is 10.4. The highest BCUT2D eigenvalue weighted by molar-refractivity contribution is 6.02. The second kappa shape index (κ2) is 7.13. The maximum atomic E-state index is 12.5. The number of benzene rings is 1. The summed E-state index contributed by atoms with van der Waals surface area (Å²) in [5, 5.41) is 2.88. The zero-order valence-electron chi connectivity index (χ0n) is 13.9. The van der Waals surface area contributed by atoms with Gasteiger partial charge in [0.1, 0.15) is 11.4 Å². The van der Waals surface area contributed by atoms with Crippen LogP contribution in [0.5, 0.6) is 5.75 Å². The van der Waals surface area contributed by atoms with Crippen molar-refractivity contribution < 1.29 is 14.3 Å². The summed E-state index contributed by atoms with van der Waals surface area (Å²) in [6.45, 7) is 5.67. The van der Waals surface area contributed by atoms with Gasteiger partial charge in [-0.2, -0.15) is 0 Å². The summed E-state index contributed by atoms with van der Waals surface area (Å²) < 4.78 is 5.17. The predicted octanol–water partition coefficient (Wildman–Crippen LogP) is 3.03. The Hall–Kier alpha value is -2.56. The third kappa shape index (κ3) is 3.62. The average molecular weight is 314 g/mol.